The summed E-state index contributed by atoms with van der Waals surface area (Å²) in [5, 5.41) is 19.5. The van der Waals surface area contributed by atoms with Gasteiger partial charge in [0.2, 0.25) is 0 Å². The summed E-state index contributed by atoms with van der Waals surface area (Å²) in [4.78, 5) is 27.5. The molecule has 10 heteroatoms. The molecule has 0 aliphatic carbocycles. The quantitative estimate of drug-likeness (QED) is 0.379. The Hall–Kier alpha value is -3.59. The van der Waals surface area contributed by atoms with Gasteiger partial charge in [0.15, 0.2) is 11.2 Å². The molecule has 0 saturated heterocycles. The van der Waals surface area contributed by atoms with Crippen molar-refractivity contribution in [2.45, 2.75) is 13.1 Å². The highest BCUT2D eigenvalue weighted by Gasteiger charge is 2.13. The van der Waals surface area contributed by atoms with Crippen molar-refractivity contribution in [1.82, 2.24) is 24.5 Å². The van der Waals surface area contributed by atoms with Crippen LogP contribution in [0.5, 0.6) is 0 Å². The van der Waals surface area contributed by atoms with Gasteiger partial charge >= 0.3 is 0 Å². The van der Waals surface area contributed by atoms with Crippen molar-refractivity contribution in [3.63, 3.8) is 0 Å². The molecule has 0 amide bonds. The monoisotopic (exact) mass is 396 g/mol. The highest BCUT2D eigenvalue weighted by atomic mass is 35.5. The number of fused-ring (bicyclic) bond motifs is 1. The first-order valence-electron chi connectivity index (χ1n) is 8.27. The lowest BCUT2D eigenvalue weighted by atomic mass is 10.2. The molecule has 9 nitrogen and oxygen atoms in total. The fraction of sp³-hybridized carbons (Fsp3) is 0.111. The van der Waals surface area contributed by atoms with Crippen molar-refractivity contribution in [2.75, 3.05) is 0 Å². The van der Waals surface area contributed by atoms with Crippen LogP contribution in [0.2, 0.25) is 5.02 Å². The van der Waals surface area contributed by atoms with Crippen LogP contribution in [0, 0.1) is 10.1 Å². The van der Waals surface area contributed by atoms with Crippen LogP contribution in [0.3, 0.4) is 0 Å². The SMILES string of the molecule is O=c1c2nnn(Cc3ccc(Cl)cc3)c2ncn1Cc1cccc([N+](=O)[O-])c1. The standard InChI is InChI=1S/C18H13ClN6O3/c19-14-6-4-12(5-7-14)10-24-17-16(21-22-24)18(26)23(11-20-17)9-13-2-1-3-15(8-13)25(27)28/h1-8,11H,9-10H2. The number of halogens is 1. The minimum absolute atomic E-state index is 0.0338. The van der Waals surface area contributed by atoms with Gasteiger partial charge in [-0.1, -0.05) is 41.1 Å². The van der Waals surface area contributed by atoms with Crippen molar-refractivity contribution < 1.29 is 4.92 Å². The first-order valence-corrected chi connectivity index (χ1v) is 8.65. The minimum Gasteiger partial charge on any atom is -0.293 e. The molecular weight excluding hydrogens is 384 g/mol. The largest absolute Gasteiger partial charge is 0.293 e. The van der Waals surface area contributed by atoms with Crippen LogP contribution in [0.4, 0.5) is 5.69 Å². The van der Waals surface area contributed by atoms with E-state index in [1.165, 1.54) is 27.7 Å². The number of non-ortho nitro benzene ring substituents is 1. The Kier molecular flexibility index (Phi) is 4.58. The molecule has 0 atom stereocenters. The summed E-state index contributed by atoms with van der Waals surface area (Å²) < 4.78 is 2.89. The van der Waals surface area contributed by atoms with E-state index in [0.29, 0.717) is 22.8 Å². The smallest absolute Gasteiger partial charge is 0.283 e. The summed E-state index contributed by atoms with van der Waals surface area (Å²) in [6.07, 6.45) is 1.39. The van der Waals surface area contributed by atoms with Gasteiger partial charge in [0, 0.05) is 17.2 Å². The van der Waals surface area contributed by atoms with E-state index < -0.39 is 4.92 Å². The number of benzene rings is 2. The lowest BCUT2D eigenvalue weighted by Crippen LogP contribution is -2.21. The molecule has 0 saturated carbocycles. The van der Waals surface area contributed by atoms with Crippen molar-refractivity contribution in [1.29, 1.82) is 0 Å². The third-order valence-electron chi connectivity index (χ3n) is 4.21. The lowest BCUT2D eigenvalue weighted by Gasteiger charge is -2.06. The third-order valence-corrected chi connectivity index (χ3v) is 4.46. The van der Waals surface area contributed by atoms with Crippen LogP contribution in [-0.4, -0.2) is 29.5 Å². The number of nitro benzene ring substituents is 1. The van der Waals surface area contributed by atoms with Gasteiger partial charge in [-0.05, 0) is 23.3 Å². The molecule has 0 fully saturated rings. The molecule has 2 aromatic carbocycles. The number of nitro groups is 1. The van der Waals surface area contributed by atoms with Crippen LogP contribution in [0.1, 0.15) is 11.1 Å². The molecule has 0 aliphatic heterocycles. The third kappa shape index (κ3) is 3.47. The molecule has 4 rings (SSSR count). The van der Waals surface area contributed by atoms with Gasteiger partial charge < -0.3 is 0 Å². The number of aromatic nitrogens is 5. The molecule has 0 N–H and O–H groups in total. The van der Waals surface area contributed by atoms with Gasteiger partial charge in [-0.2, -0.15) is 0 Å². The summed E-state index contributed by atoms with van der Waals surface area (Å²) in [6, 6.07) is 13.4. The topological polar surface area (TPSA) is 109 Å². The highest BCUT2D eigenvalue weighted by Crippen LogP contribution is 2.15. The van der Waals surface area contributed by atoms with E-state index in [9.17, 15) is 14.9 Å². The zero-order chi connectivity index (χ0) is 19.7. The van der Waals surface area contributed by atoms with Gasteiger partial charge in [0.25, 0.3) is 11.2 Å². The normalized spacial score (nSPS) is 11.0. The minimum atomic E-state index is -0.476. The molecular formula is C18H13ClN6O3. The molecule has 2 aromatic heterocycles. The molecule has 2 heterocycles. The van der Waals surface area contributed by atoms with Crippen molar-refractivity contribution in [3.05, 3.63) is 91.5 Å². The number of rotatable bonds is 5. The summed E-state index contributed by atoms with van der Waals surface area (Å²) >= 11 is 5.89. The Morgan fingerprint density at radius 3 is 2.61 bits per heavy atom. The van der Waals surface area contributed by atoms with Crippen LogP contribution >= 0.6 is 11.6 Å². The van der Waals surface area contributed by atoms with E-state index in [0.717, 1.165) is 5.56 Å². The van der Waals surface area contributed by atoms with Crippen molar-refractivity contribution in [3.8, 4) is 0 Å². The number of hydrogen-bond acceptors (Lipinski definition) is 6. The molecule has 0 aliphatic rings. The zero-order valence-electron chi connectivity index (χ0n) is 14.4. The maximum absolute atomic E-state index is 12.7. The van der Waals surface area contributed by atoms with Gasteiger partial charge in [0.05, 0.1) is 18.0 Å². The average Bonchev–Trinajstić information content (AvgIpc) is 3.09. The summed E-state index contributed by atoms with van der Waals surface area (Å²) in [5.41, 5.74) is 1.68. The second kappa shape index (κ2) is 7.20. The zero-order valence-corrected chi connectivity index (χ0v) is 15.2. The molecule has 140 valence electrons. The fourth-order valence-corrected chi connectivity index (χ4v) is 2.96. The predicted molar refractivity (Wildman–Crippen MR) is 102 cm³/mol. The van der Waals surface area contributed by atoms with Gasteiger partial charge in [-0.25, -0.2) is 9.67 Å². The second-order valence-electron chi connectivity index (χ2n) is 6.15. The van der Waals surface area contributed by atoms with Crippen LogP contribution in [0.15, 0.2) is 59.7 Å². The summed E-state index contributed by atoms with van der Waals surface area (Å²) in [7, 11) is 0. The van der Waals surface area contributed by atoms with Crippen LogP contribution < -0.4 is 5.56 Å². The van der Waals surface area contributed by atoms with E-state index in [2.05, 4.69) is 15.3 Å². The Morgan fingerprint density at radius 1 is 1.07 bits per heavy atom. The van der Waals surface area contributed by atoms with E-state index in [1.54, 1.807) is 24.3 Å². The van der Waals surface area contributed by atoms with Gasteiger partial charge in [-0.15, -0.1) is 5.10 Å². The number of nitrogens with zero attached hydrogens (tertiary/aromatic N) is 6. The van der Waals surface area contributed by atoms with E-state index >= 15 is 0 Å². The molecule has 0 spiro atoms. The molecule has 28 heavy (non-hydrogen) atoms. The van der Waals surface area contributed by atoms with Gasteiger partial charge in [-0.3, -0.25) is 19.5 Å². The molecule has 0 unspecified atom stereocenters. The van der Waals surface area contributed by atoms with Crippen molar-refractivity contribution >= 4 is 28.5 Å². The maximum Gasteiger partial charge on any atom is 0.283 e. The second-order valence-corrected chi connectivity index (χ2v) is 6.59. The Morgan fingerprint density at radius 2 is 1.86 bits per heavy atom. The summed E-state index contributed by atoms with van der Waals surface area (Å²) in [5.74, 6) is 0. The lowest BCUT2D eigenvalue weighted by molar-refractivity contribution is -0.384. The first-order chi connectivity index (χ1) is 13.5. The predicted octanol–water partition coefficient (Wildman–Crippen LogP) is 2.65. The molecule has 0 radical (unpaired) electrons. The highest BCUT2D eigenvalue weighted by molar-refractivity contribution is 6.30. The van der Waals surface area contributed by atoms with Crippen molar-refractivity contribution in [2.24, 2.45) is 0 Å². The molecule has 0 bridgehead atoms. The summed E-state index contributed by atoms with van der Waals surface area (Å²) in [6.45, 7) is 0.544. The Bertz CT molecular complexity index is 1230. The van der Waals surface area contributed by atoms with Crippen LogP contribution in [-0.2, 0) is 13.1 Å². The maximum atomic E-state index is 12.7. The molecule has 4 aromatic rings. The van der Waals surface area contributed by atoms with Gasteiger partial charge in [0.1, 0.15) is 6.33 Å². The average molecular weight is 397 g/mol. The van der Waals surface area contributed by atoms with E-state index in [1.807, 2.05) is 12.1 Å². The van der Waals surface area contributed by atoms with E-state index in [4.69, 9.17) is 11.6 Å². The fourth-order valence-electron chi connectivity index (χ4n) is 2.83. The first kappa shape index (κ1) is 17.8. The Balaban J connectivity index is 1.65. The number of hydrogen-bond donors (Lipinski definition) is 0. The Labute approximate surface area is 163 Å². The van der Waals surface area contributed by atoms with E-state index in [-0.39, 0.29) is 23.3 Å². The van der Waals surface area contributed by atoms with Crippen LogP contribution in [0.25, 0.3) is 11.2 Å².